The molecule has 0 saturated carbocycles. The van der Waals surface area contributed by atoms with Crippen LogP contribution < -0.4 is 0 Å². The first-order valence-electron chi connectivity index (χ1n) is 5.39. The second-order valence-corrected chi connectivity index (χ2v) is 3.47. The fourth-order valence-electron chi connectivity index (χ4n) is 1.43. The summed E-state index contributed by atoms with van der Waals surface area (Å²) in [6.07, 6.45) is 3.43. The molecule has 0 atom stereocenters. The topological polar surface area (TPSA) is 57.5 Å². The van der Waals surface area contributed by atoms with Crippen molar-refractivity contribution in [2.45, 2.75) is 0 Å². The Hall–Kier alpha value is -2.23. The SMILES string of the molecule is O=C(C=Cc1ccccc1)c1ccccc1.OO. The summed E-state index contributed by atoms with van der Waals surface area (Å²) in [4.78, 5) is 11.7. The zero-order valence-electron chi connectivity index (χ0n) is 9.73. The van der Waals surface area contributed by atoms with Gasteiger partial charge in [0.25, 0.3) is 0 Å². The van der Waals surface area contributed by atoms with Crippen molar-refractivity contribution in [3.8, 4) is 0 Å². The summed E-state index contributed by atoms with van der Waals surface area (Å²) in [5.41, 5.74) is 1.75. The third-order valence-electron chi connectivity index (χ3n) is 2.29. The largest absolute Gasteiger partial charge is 0.289 e. The molecule has 2 aromatic carbocycles. The number of rotatable bonds is 3. The van der Waals surface area contributed by atoms with E-state index in [4.69, 9.17) is 10.5 Å². The normalized spacial score (nSPS) is 9.67. The van der Waals surface area contributed by atoms with Gasteiger partial charge in [-0.3, -0.25) is 15.3 Å². The maximum atomic E-state index is 11.7. The van der Waals surface area contributed by atoms with E-state index in [9.17, 15) is 4.79 Å². The third-order valence-corrected chi connectivity index (χ3v) is 2.29. The molecule has 2 aromatic rings. The van der Waals surface area contributed by atoms with Crippen LogP contribution in [0.1, 0.15) is 15.9 Å². The van der Waals surface area contributed by atoms with Crippen LogP contribution in [0.25, 0.3) is 6.08 Å². The Kier molecular flexibility index (Phi) is 6.11. The molecule has 0 heterocycles. The van der Waals surface area contributed by atoms with Crippen molar-refractivity contribution in [1.82, 2.24) is 0 Å². The monoisotopic (exact) mass is 242 g/mol. The lowest BCUT2D eigenvalue weighted by Gasteiger charge is -1.94. The fourth-order valence-corrected chi connectivity index (χ4v) is 1.43. The summed E-state index contributed by atoms with van der Waals surface area (Å²) in [6.45, 7) is 0. The summed E-state index contributed by atoms with van der Waals surface area (Å²) in [5, 5.41) is 12.0. The molecule has 3 nitrogen and oxygen atoms in total. The molecule has 0 spiro atoms. The Morgan fingerprint density at radius 2 is 1.33 bits per heavy atom. The van der Waals surface area contributed by atoms with Crippen molar-refractivity contribution >= 4 is 11.9 Å². The quantitative estimate of drug-likeness (QED) is 0.374. The van der Waals surface area contributed by atoms with Crippen LogP contribution in [-0.4, -0.2) is 16.3 Å². The first-order chi connectivity index (χ1) is 8.86. The van der Waals surface area contributed by atoms with Crippen LogP contribution in [0.2, 0.25) is 0 Å². The van der Waals surface area contributed by atoms with Crippen molar-refractivity contribution in [2.24, 2.45) is 0 Å². The molecule has 0 aromatic heterocycles. The Bertz CT molecular complexity index is 490. The highest BCUT2D eigenvalue weighted by Gasteiger charge is 1.98. The van der Waals surface area contributed by atoms with Gasteiger partial charge < -0.3 is 0 Å². The Morgan fingerprint density at radius 3 is 1.89 bits per heavy atom. The van der Waals surface area contributed by atoms with Crippen LogP contribution in [0.3, 0.4) is 0 Å². The molecule has 0 unspecified atom stereocenters. The van der Waals surface area contributed by atoms with E-state index in [0.717, 1.165) is 11.1 Å². The maximum absolute atomic E-state index is 11.7. The minimum absolute atomic E-state index is 0.0319. The Morgan fingerprint density at radius 1 is 0.833 bits per heavy atom. The first kappa shape index (κ1) is 13.8. The molecular weight excluding hydrogens is 228 g/mol. The summed E-state index contributed by atoms with van der Waals surface area (Å²) >= 11 is 0. The van der Waals surface area contributed by atoms with Gasteiger partial charge in [0, 0.05) is 5.56 Å². The molecule has 3 heteroatoms. The zero-order chi connectivity index (χ0) is 13.2. The zero-order valence-corrected chi connectivity index (χ0v) is 9.73. The highest BCUT2D eigenvalue weighted by Crippen LogP contribution is 2.05. The van der Waals surface area contributed by atoms with Gasteiger partial charge in [0.2, 0.25) is 0 Å². The van der Waals surface area contributed by atoms with Gasteiger partial charge >= 0.3 is 0 Å². The number of carbonyl (C=O) groups is 1. The molecule has 2 N–H and O–H groups in total. The standard InChI is InChI=1S/C15H12O.H2O2/c16-15(14-9-5-2-6-10-14)12-11-13-7-3-1-4-8-13;1-2/h1-12H;1-2H. The van der Waals surface area contributed by atoms with Crippen LogP contribution >= 0.6 is 0 Å². The lowest BCUT2D eigenvalue weighted by Crippen LogP contribution is -1.92. The van der Waals surface area contributed by atoms with E-state index in [-0.39, 0.29) is 5.78 Å². The smallest absolute Gasteiger partial charge is 0.185 e. The predicted octanol–water partition coefficient (Wildman–Crippen LogP) is 3.60. The molecule has 0 amide bonds. The number of benzene rings is 2. The molecule has 2 rings (SSSR count). The van der Waals surface area contributed by atoms with Crippen LogP contribution in [0.4, 0.5) is 0 Å². The first-order valence-corrected chi connectivity index (χ1v) is 5.39. The lowest BCUT2D eigenvalue weighted by atomic mass is 10.1. The second kappa shape index (κ2) is 7.95. The van der Waals surface area contributed by atoms with Gasteiger partial charge in [-0.1, -0.05) is 66.7 Å². The molecule has 18 heavy (non-hydrogen) atoms. The molecule has 92 valence electrons. The molecule has 0 saturated heterocycles. The third kappa shape index (κ3) is 4.33. The van der Waals surface area contributed by atoms with Crippen LogP contribution in [0.15, 0.2) is 66.7 Å². The van der Waals surface area contributed by atoms with Crippen molar-refractivity contribution in [2.75, 3.05) is 0 Å². The van der Waals surface area contributed by atoms with Gasteiger partial charge in [-0.15, -0.1) is 0 Å². The van der Waals surface area contributed by atoms with E-state index in [1.807, 2.05) is 66.7 Å². The van der Waals surface area contributed by atoms with Gasteiger partial charge in [-0.2, -0.15) is 0 Å². The van der Waals surface area contributed by atoms with Crippen molar-refractivity contribution in [3.05, 3.63) is 77.9 Å². The molecule has 0 radical (unpaired) electrons. The van der Waals surface area contributed by atoms with Crippen LogP contribution in [-0.2, 0) is 0 Å². The second-order valence-electron chi connectivity index (χ2n) is 3.47. The summed E-state index contributed by atoms with van der Waals surface area (Å²) in [6, 6.07) is 19.1. The van der Waals surface area contributed by atoms with E-state index < -0.39 is 0 Å². The van der Waals surface area contributed by atoms with Gasteiger partial charge in [-0.05, 0) is 11.6 Å². The lowest BCUT2D eigenvalue weighted by molar-refractivity contribution is -0.176. The summed E-state index contributed by atoms with van der Waals surface area (Å²) in [5.74, 6) is 0.0319. The molecule has 0 aliphatic rings. The summed E-state index contributed by atoms with van der Waals surface area (Å²) in [7, 11) is 0. The van der Waals surface area contributed by atoms with Gasteiger partial charge in [-0.25, -0.2) is 0 Å². The van der Waals surface area contributed by atoms with E-state index in [1.54, 1.807) is 6.08 Å². The number of allylic oxidation sites excluding steroid dienone is 1. The highest BCUT2D eigenvalue weighted by atomic mass is 17.0. The predicted molar refractivity (Wildman–Crippen MR) is 71.5 cm³/mol. The average Bonchev–Trinajstić information content (AvgIpc) is 2.49. The Labute approximate surface area is 106 Å². The van der Waals surface area contributed by atoms with Crippen molar-refractivity contribution in [1.29, 1.82) is 0 Å². The van der Waals surface area contributed by atoms with E-state index in [2.05, 4.69) is 0 Å². The van der Waals surface area contributed by atoms with E-state index in [0.29, 0.717) is 0 Å². The fraction of sp³-hybridized carbons (Fsp3) is 0. The minimum Gasteiger partial charge on any atom is -0.289 e. The minimum atomic E-state index is 0.0319. The molecule has 0 aliphatic carbocycles. The highest BCUT2D eigenvalue weighted by molar-refractivity contribution is 6.06. The number of carbonyl (C=O) groups excluding carboxylic acids is 1. The van der Waals surface area contributed by atoms with E-state index in [1.165, 1.54) is 0 Å². The molecule has 0 bridgehead atoms. The van der Waals surface area contributed by atoms with Gasteiger partial charge in [0.05, 0.1) is 0 Å². The van der Waals surface area contributed by atoms with Crippen molar-refractivity contribution < 1.29 is 15.3 Å². The van der Waals surface area contributed by atoms with E-state index >= 15 is 0 Å². The maximum Gasteiger partial charge on any atom is 0.185 e. The molecular formula is C15H14O3. The Balaban J connectivity index is 0.000000771. The number of hydrogen-bond donors (Lipinski definition) is 2. The summed E-state index contributed by atoms with van der Waals surface area (Å²) < 4.78 is 0. The van der Waals surface area contributed by atoms with Crippen molar-refractivity contribution in [3.63, 3.8) is 0 Å². The molecule has 0 aliphatic heterocycles. The van der Waals surface area contributed by atoms with Crippen LogP contribution in [0, 0.1) is 0 Å². The number of hydrogen-bond acceptors (Lipinski definition) is 3. The molecule has 0 fully saturated rings. The van der Waals surface area contributed by atoms with Crippen LogP contribution in [0.5, 0.6) is 0 Å². The van der Waals surface area contributed by atoms with Gasteiger partial charge in [0.1, 0.15) is 0 Å². The number of ketones is 1. The average molecular weight is 242 g/mol. The van der Waals surface area contributed by atoms with Gasteiger partial charge in [0.15, 0.2) is 5.78 Å².